The standard InChI is InChI=1S/C40H37F5/c1-6-23-12-17-33(42)31(19-23)38-29(10-5)36(28-14-13-25(8-3)34(43)22-28)37(27-15-18-32(41)26(9-4)21-27)40(45)39(38)30-16-11-24(7-2)20-35(30)44/h11-22H,6-10H2,1-5H3. The Labute approximate surface area is 262 Å². The van der Waals surface area contributed by atoms with Gasteiger partial charge in [0.15, 0.2) is 0 Å². The first-order valence-electron chi connectivity index (χ1n) is 15.7. The SMILES string of the molecule is CCc1ccc(-c2c(F)c(-c3ccc(F)c(CC)c3)c(-c3ccc(CC)c(F)c3)c(CC)c2-c2cc(CC)ccc2F)c(F)c1. The number of rotatable bonds is 9. The van der Waals surface area contributed by atoms with E-state index in [1.807, 2.05) is 27.7 Å². The third kappa shape index (κ3) is 5.93. The molecule has 232 valence electrons. The molecule has 0 aliphatic heterocycles. The molecule has 0 amide bonds. The summed E-state index contributed by atoms with van der Waals surface area (Å²) in [6, 6.07) is 18.5. The topological polar surface area (TPSA) is 0 Å². The van der Waals surface area contributed by atoms with E-state index < -0.39 is 29.1 Å². The number of hydrogen-bond acceptors (Lipinski definition) is 0. The molecule has 0 radical (unpaired) electrons. The average molecular weight is 613 g/mol. The molecule has 0 aromatic heterocycles. The highest BCUT2D eigenvalue weighted by atomic mass is 19.1. The predicted octanol–water partition coefficient (Wildman–Crippen LogP) is 11.9. The van der Waals surface area contributed by atoms with Crippen LogP contribution < -0.4 is 0 Å². The van der Waals surface area contributed by atoms with Crippen molar-refractivity contribution in [3.63, 3.8) is 0 Å². The zero-order valence-electron chi connectivity index (χ0n) is 26.4. The van der Waals surface area contributed by atoms with Crippen LogP contribution in [0.5, 0.6) is 0 Å². The van der Waals surface area contributed by atoms with Gasteiger partial charge in [0.25, 0.3) is 0 Å². The highest BCUT2D eigenvalue weighted by molar-refractivity contribution is 5.99. The summed E-state index contributed by atoms with van der Waals surface area (Å²) in [5.74, 6) is -2.85. The van der Waals surface area contributed by atoms with Crippen LogP contribution in [-0.4, -0.2) is 0 Å². The third-order valence-electron chi connectivity index (χ3n) is 8.75. The van der Waals surface area contributed by atoms with Crippen LogP contribution in [0.4, 0.5) is 22.0 Å². The average Bonchev–Trinajstić information content (AvgIpc) is 3.05. The quantitative estimate of drug-likeness (QED) is 0.145. The van der Waals surface area contributed by atoms with Crippen LogP contribution in [0.25, 0.3) is 44.5 Å². The molecule has 0 saturated heterocycles. The van der Waals surface area contributed by atoms with Crippen LogP contribution in [0.1, 0.15) is 62.4 Å². The zero-order valence-corrected chi connectivity index (χ0v) is 26.4. The summed E-state index contributed by atoms with van der Waals surface area (Å²) in [6.45, 7) is 9.36. The molecule has 0 spiro atoms. The monoisotopic (exact) mass is 612 g/mol. The van der Waals surface area contributed by atoms with Gasteiger partial charge in [-0.25, -0.2) is 22.0 Å². The van der Waals surface area contributed by atoms with E-state index in [-0.39, 0.29) is 27.8 Å². The summed E-state index contributed by atoms with van der Waals surface area (Å²) < 4.78 is 79.6. The van der Waals surface area contributed by atoms with E-state index in [2.05, 4.69) is 0 Å². The first-order valence-corrected chi connectivity index (χ1v) is 15.7. The molecule has 45 heavy (non-hydrogen) atoms. The lowest BCUT2D eigenvalue weighted by Gasteiger charge is -2.26. The Morgan fingerprint density at radius 2 is 1.02 bits per heavy atom. The second-order valence-corrected chi connectivity index (χ2v) is 11.3. The van der Waals surface area contributed by atoms with Gasteiger partial charge in [0, 0.05) is 22.3 Å². The van der Waals surface area contributed by atoms with Crippen molar-refractivity contribution in [2.75, 3.05) is 0 Å². The van der Waals surface area contributed by atoms with Gasteiger partial charge in [0.2, 0.25) is 0 Å². The molecule has 0 unspecified atom stereocenters. The summed E-state index contributed by atoms with van der Waals surface area (Å²) >= 11 is 0. The fourth-order valence-corrected chi connectivity index (χ4v) is 6.22. The van der Waals surface area contributed by atoms with Gasteiger partial charge in [-0.15, -0.1) is 0 Å². The van der Waals surface area contributed by atoms with Crippen molar-refractivity contribution >= 4 is 0 Å². The summed E-state index contributed by atoms with van der Waals surface area (Å²) in [7, 11) is 0. The van der Waals surface area contributed by atoms with Crippen molar-refractivity contribution in [1.82, 2.24) is 0 Å². The number of hydrogen-bond donors (Lipinski definition) is 0. The molecule has 0 fully saturated rings. The van der Waals surface area contributed by atoms with Crippen LogP contribution in [0, 0.1) is 29.1 Å². The Hall–Kier alpha value is -4.25. The van der Waals surface area contributed by atoms with Crippen LogP contribution in [-0.2, 0) is 32.1 Å². The van der Waals surface area contributed by atoms with Crippen LogP contribution in [0.15, 0.2) is 72.8 Å². The lowest BCUT2D eigenvalue weighted by atomic mass is 9.78. The van der Waals surface area contributed by atoms with Gasteiger partial charge in [0.05, 0.1) is 0 Å². The van der Waals surface area contributed by atoms with E-state index in [4.69, 9.17) is 0 Å². The Balaban J connectivity index is 2.05. The minimum absolute atomic E-state index is 0.00570. The van der Waals surface area contributed by atoms with Crippen molar-refractivity contribution in [3.8, 4) is 44.5 Å². The summed E-state index contributed by atoms with van der Waals surface area (Å²) in [6.07, 6.45) is 2.32. The van der Waals surface area contributed by atoms with Crippen molar-refractivity contribution in [2.45, 2.75) is 66.7 Å². The first kappa shape index (κ1) is 32.2. The maximum atomic E-state index is 17.6. The van der Waals surface area contributed by atoms with E-state index in [9.17, 15) is 4.39 Å². The maximum Gasteiger partial charge on any atom is 0.140 e. The molecule has 0 atom stereocenters. The molecule has 0 nitrogen and oxygen atoms in total. The highest BCUT2D eigenvalue weighted by Crippen LogP contribution is 2.50. The minimum atomic E-state index is -0.782. The maximum absolute atomic E-state index is 17.6. The van der Waals surface area contributed by atoms with Gasteiger partial charge < -0.3 is 0 Å². The summed E-state index contributed by atoms with van der Waals surface area (Å²) in [5.41, 5.74) is 4.52. The first-order chi connectivity index (χ1) is 21.7. The van der Waals surface area contributed by atoms with Crippen molar-refractivity contribution in [1.29, 1.82) is 0 Å². The molecule has 0 N–H and O–H groups in total. The van der Waals surface area contributed by atoms with E-state index in [1.54, 1.807) is 49.4 Å². The number of halogens is 5. The molecule has 5 heteroatoms. The fraction of sp³-hybridized carbons (Fsp3) is 0.250. The number of benzene rings is 5. The highest BCUT2D eigenvalue weighted by Gasteiger charge is 2.30. The predicted molar refractivity (Wildman–Crippen MR) is 175 cm³/mol. The molecule has 0 heterocycles. The molecule has 5 rings (SSSR count). The van der Waals surface area contributed by atoms with Gasteiger partial charge in [-0.05, 0) is 119 Å². The molecular formula is C40H37F5. The summed E-state index contributed by atoms with van der Waals surface area (Å²) in [4.78, 5) is 0. The summed E-state index contributed by atoms with van der Waals surface area (Å²) in [5, 5.41) is 0. The molecule has 5 aromatic rings. The lowest BCUT2D eigenvalue weighted by molar-refractivity contribution is 0.610. The van der Waals surface area contributed by atoms with Gasteiger partial charge in [0.1, 0.15) is 29.1 Å². The largest absolute Gasteiger partial charge is 0.207 e. The minimum Gasteiger partial charge on any atom is -0.207 e. The lowest BCUT2D eigenvalue weighted by Crippen LogP contribution is -2.07. The van der Waals surface area contributed by atoms with Gasteiger partial charge >= 0.3 is 0 Å². The molecule has 0 bridgehead atoms. The van der Waals surface area contributed by atoms with E-state index in [0.29, 0.717) is 65.5 Å². The third-order valence-corrected chi connectivity index (χ3v) is 8.75. The van der Waals surface area contributed by atoms with Crippen molar-refractivity contribution in [3.05, 3.63) is 130 Å². The van der Waals surface area contributed by atoms with E-state index >= 15 is 17.6 Å². The second-order valence-electron chi connectivity index (χ2n) is 11.3. The van der Waals surface area contributed by atoms with E-state index in [1.165, 1.54) is 30.3 Å². The van der Waals surface area contributed by atoms with Gasteiger partial charge in [-0.2, -0.15) is 0 Å². The van der Waals surface area contributed by atoms with Crippen LogP contribution >= 0.6 is 0 Å². The Morgan fingerprint density at radius 1 is 0.400 bits per heavy atom. The van der Waals surface area contributed by atoms with Crippen LogP contribution in [0.3, 0.4) is 0 Å². The Bertz CT molecular complexity index is 1890. The molecule has 0 aliphatic carbocycles. The molecular weight excluding hydrogens is 575 g/mol. The van der Waals surface area contributed by atoms with E-state index in [0.717, 1.165) is 11.1 Å². The molecule has 0 aliphatic rings. The normalized spacial score (nSPS) is 11.3. The van der Waals surface area contributed by atoms with Crippen LogP contribution in [0.2, 0.25) is 0 Å². The zero-order chi connectivity index (χ0) is 32.4. The Morgan fingerprint density at radius 3 is 1.64 bits per heavy atom. The van der Waals surface area contributed by atoms with Gasteiger partial charge in [-0.1, -0.05) is 71.0 Å². The second kappa shape index (κ2) is 13.4. The van der Waals surface area contributed by atoms with Crippen molar-refractivity contribution in [2.24, 2.45) is 0 Å². The van der Waals surface area contributed by atoms with Gasteiger partial charge in [-0.3, -0.25) is 0 Å². The molecule has 5 aromatic carbocycles. The fourth-order valence-electron chi connectivity index (χ4n) is 6.22. The Kier molecular flexibility index (Phi) is 9.57. The van der Waals surface area contributed by atoms with Crippen molar-refractivity contribution < 1.29 is 22.0 Å². The smallest absolute Gasteiger partial charge is 0.140 e. The molecule has 0 saturated carbocycles. The number of aryl methyl sites for hydroxylation is 4.